The van der Waals surface area contributed by atoms with E-state index in [1.807, 2.05) is 0 Å². The minimum atomic E-state index is -0.551. The number of hydrogen-bond acceptors (Lipinski definition) is 5. The number of nitrogens with zero attached hydrogens (tertiary/aromatic N) is 2. The first-order valence-electron chi connectivity index (χ1n) is 5.29. The van der Waals surface area contributed by atoms with Crippen molar-refractivity contribution in [2.75, 3.05) is 18.1 Å². The van der Waals surface area contributed by atoms with Crippen LogP contribution in [-0.2, 0) is 22.6 Å². The highest BCUT2D eigenvalue weighted by atomic mass is 32.1. The van der Waals surface area contributed by atoms with Gasteiger partial charge in [0.1, 0.15) is 0 Å². The third kappa shape index (κ3) is 1.63. The number of carbonyl (C=O) groups excluding carboxylic acids is 1. The molecule has 6 heteroatoms. The quantitative estimate of drug-likeness (QED) is 0.767. The number of anilines is 1. The van der Waals surface area contributed by atoms with Crippen molar-refractivity contribution in [1.29, 1.82) is 0 Å². The average molecular weight is 240 g/mol. The van der Waals surface area contributed by atoms with Crippen LogP contribution in [0.1, 0.15) is 17.0 Å². The summed E-state index contributed by atoms with van der Waals surface area (Å²) in [5, 5.41) is 10.1. The lowest BCUT2D eigenvalue weighted by atomic mass is 10.2. The third-order valence-electron chi connectivity index (χ3n) is 2.82. The molecule has 3 heterocycles. The second-order valence-corrected chi connectivity index (χ2v) is 5.09. The van der Waals surface area contributed by atoms with Gasteiger partial charge in [0, 0.05) is 6.42 Å². The van der Waals surface area contributed by atoms with E-state index in [9.17, 15) is 9.90 Å². The van der Waals surface area contributed by atoms with Gasteiger partial charge in [-0.25, -0.2) is 4.98 Å². The van der Waals surface area contributed by atoms with Crippen molar-refractivity contribution in [3.63, 3.8) is 0 Å². The largest absolute Gasteiger partial charge is 0.391 e. The molecule has 1 N–H and O–H groups in total. The van der Waals surface area contributed by atoms with E-state index in [4.69, 9.17) is 4.74 Å². The molecule has 1 atom stereocenters. The molecule has 2 aliphatic rings. The molecule has 1 saturated heterocycles. The standard InChI is InChI=1S/C10H12N2O3S/c13-6-3-9(14)12(4-6)10-11-7-1-2-15-5-8(7)16-10/h6,13H,1-5H2. The Balaban J connectivity index is 1.89. The zero-order chi connectivity index (χ0) is 11.1. The van der Waals surface area contributed by atoms with Gasteiger partial charge < -0.3 is 9.84 Å². The first-order chi connectivity index (χ1) is 7.74. The van der Waals surface area contributed by atoms with Crippen molar-refractivity contribution in [2.45, 2.75) is 25.6 Å². The Bertz CT molecular complexity index is 408. The minimum Gasteiger partial charge on any atom is -0.391 e. The summed E-state index contributed by atoms with van der Waals surface area (Å²) < 4.78 is 5.34. The highest BCUT2D eigenvalue weighted by molar-refractivity contribution is 7.15. The summed E-state index contributed by atoms with van der Waals surface area (Å²) in [6.45, 7) is 1.66. The molecule has 1 aromatic rings. The van der Waals surface area contributed by atoms with Crippen molar-refractivity contribution in [3.8, 4) is 0 Å². The van der Waals surface area contributed by atoms with Crippen molar-refractivity contribution < 1.29 is 14.6 Å². The van der Waals surface area contributed by atoms with Crippen molar-refractivity contribution >= 4 is 22.4 Å². The predicted molar refractivity (Wildman–Crippen MR) is 58.5 cm³/mol. The van der Waals surface area contributed by atoms with Crippen LogP contribution in [0.2, 0.25) is 0 Å². The number of rotatable bonds is 1. The molecule has 0 saturated carbocycles. The Morgan fingerprint density at radius 3 is 3.12 bits per heavy atom. The molecule has 0 bridgehead atoms. The summed E-state index contributed by atoms with van der Waals surface area (Å²) in [6, 6.07) is 0. The van der Waals surface area contributed by atoms with Crippen LogP contribution in [0, 0.1) is 0 Å². The average Bonchev–Trinajstić information content (AvgIpc) is 2.81. The highest BCUT2D eigenvalue weighted by Gasteiger charge is 2.32. The van der Waals surface area contributed by atoms with Gasteiger partial charge in [0.25, 0.3) is 0 Å². The number of aliphatic hydroxyl groups is 1. The Labute approximate surface area is 96.7 Å². The zero-order valence-electron chi connectivity index (χ0n) is 8.68. The van der Waals surface area contributed by atoms with Gasteiger partial charge in [-0.1, -0.05) is 11.3 Å². The van der Waals surface area contributed by atoms with Crippen LogP contribution in [0.25, 0.3) is 0 Å². The zero-order valence-corrected chi connectivity index (χ0v) is 9.50. The van der Waals surface area contributed by atoms with E-state index in [-0.39, 0.29) is 12.3 Å². The summed E-state index contributed by atoms with van der Waals surface area (Å²) in [5.74, 6) is -0.0421. The van der Waals surface area contributed by atoms with E-state index in [1.165, 1.54) is 11.3 Å². The van der Waals surface area contributed by atoms with Gasteiger partial charge in [-0.05, 0) is 0 Å². The van der Waals surface area contributed by atoms with E-state index < -0.39 is 6.10 Å². The molecule has 0 spiro atoms. The fourth-order valence-electron chi connectivity index (χ4n) is 2.00. The Morgan fingerprint density at radius 2 is 2.44 bits per heavy atom. The van der Waals surface area contributed by atoms with Crippen molar-refractivity contribution in [1.82, 2.24) is 4.98 Å². The van der Waals surface area contributed by atoms with Crippen LogP contribution < -0.4 is 4.90 Å². The summed E-state index contributed by atoms with van der Waals surface area (Å²) >= 11 is 1.50. The SMILES string of the molecule is O=C1CC(O)CN1c1nc2c(s1)COCC2. The number of aromatic nitrogens is 1. The van der Waals surface area contributed by atoms with Gasteiger partial charge in [-0.15, -0.1) is 0 Å². The molecule has 2 aliphatic heterocycles. The molecule has 1 unspecified atom stereocenters. The molecular weight excluding hydrogens is 228 g/mol. The Kier molecular flexibility index (Phi) is 2.42. The maximum Gasteiger partial charge on any atom is 0.231 e. The molecule has 3 rings (SSSR count). The van der Waals surface area contributed by atoms with Crippen LogP contribution >= 0.6 is 11.3 Å². The van der Waals surface area contributed by atoms with Gasteiger partial charge in [-0.2, -0.15) is 0 Å². The summed E-state index contributed by atoms with van der Waals surface area (Å²) in [5.41, 5.74) is 1.04. The normalized spacial score (nSPS) is 24.9. The fourth-order valence-corrected chi connectivity index (χ4v) is 3.07. The fraction of sp³-hybridized carbons (Fsp3) is 0.600. The first-order valence-corrected chi connectivity index (χ1v) is 6.10. The monoisotopic (exact) mass is 240 g/mol. The number of β-amino-alcohol motifs (C(OH)–C–C–N with tert-alkyl or cyclic N) is 1. The Morgan fingerprint density at radius 1 is 1.56 bits per heavy atom. The van der Waals surface area contributed by atoms with E-state index in [0.717, 1.165) is 17.0 Å². The number of amides is 1. The van der Waals surface area contributed by atoms with Crippen LogP contribution in [-0.4, -0.2) is 35.3 Å². The van der Waals surface area contributed by atoms with Crippen LogP contribution in [0.3, 0.4) is 0 Å². The Hall–Kier alpha value is -0.980. The van der Waals surface area contributed by atoms with Crippen molar-refractivity contribution in [2.24, 2.45) is 0 Å². The van der Waals surface area contributed by atoms with Gasteiger partial charge in [-0.3, -0.25) is 9.69 Å². The number of aliphatic hydroxyl groups excluding tert-OH is 1. The topological polar surface area (TPSA) is 62.7 Å². The lowest BCUT2D eigenvalue weighted by Gasteiger charge is -2.10. The highest BCUT2D eigenvalue weighted by Crippen LogP contribution is 2.31. The molecule has 86 valence electrons. The molecule has 0 radical (unpaired) electrons. The van der Waals surface area contributed by atoms with Crippen molar-refractivity contribution in [3.05, 3.63) is 10.6 Å². The van der Waals surface area contributed by atoms with Crippen LogP contribution in [0.4, 0.5) is 5.13 Å². The number of carbonyl (C=O) groups is 1. The van der Waals surface area contributed by atoms with Crippen LogP contribution in [0.5, 0.6) is 0 Å². The number of ether oxygens (including phenoxy) is 1. The summed E-state index contributed by atoms with van der Waals surface area (Å²) in [4.78, 5) is 18.7. The van der Waals surface area contributed by atoms with Gasteiger partial charge in [0.2, 0.25) is 5.91 Å². The van der Waals surface area contributed by atoms with E-state index >= 15 is 0 Å². The van der Waals surface area contributed by atoms with Gasteiger partial charge >= 0.3 is 0 Å². The smallest absolute Gasteiger partial charge is 0.231 e. The molecular formula is C10H12N2O3S. The second kappa shape index (κ2) is 3.80. The molecule has 1 amide bonds. The lowest BCUT2D eigenvalue weighted by molar-refractivity contribution is -0.117. The summed E-state index contributed by atoms with van der Waals surface area (Å²) in [7, 11) is 0. The third-order valence-corrected chi connectivity index (χ3v) is 3.91. The number of fused-ring (bicyclic) bond motifs is 1. The lowest BCUT2D eigenvalue weighted by Crippen LogP contribution is -2.25. The van der Waals surface area contributed by atoms with E-state index in [1.54, 1.807) is 4.90 Å². The minimum absolute atomic E-state index is 0.0421. The summed E-state index contributed by atoms with van der Waals surface area (Å²) in [6.07, 6.45) is 0.474. The molecule has 1 aromatic heterocycles. The van der Waals surface area contributed by atoms with E-state index in [0.29, 0.717) is 24.9 Å². The van der Waals surface area contributed by atoms with Crippen LogP contribution in [0.15, 0.2) is 0 Å². The molecule has 16 heavy (non-hydrogen) atoms. The van der Waals surface area contributed by atoms with Gasteiger partial charge in [0.05, 0.1) is 42.9 Å². The van der Waals surface area contributed by atoms with E-state index in [2.05, 4.69) is 4.98 Å². The maximum atomic E-state index is 11.6. The second-order valence-electron chi connectivity index (χ2n) is 4.03. The molecule has 1 fully saturated rings. The molecule has 5 nitrogen and oxygen atoms in total. The first kappa shape index (κ1) is 10.2. The molecule has 0 aromatic carbocycles. The van der Waals surface area contributed by atoms with Gasteiger partial charge in [0.15, 0.2) is 5.13 Å². The maximum absolute atomic E-state index is 11.6. The predicted octanol–water partition coefficient (Wildman–Crippen LogP) is 0.313. The number of hydrogen-bond donors (Lipinski definition) is 1. The number of thiazole rings is 1. The molecule has 0 aliphatic carbocycles.